The molecule has 6 heterocycles. The molecule has 64 heteroatoms. The fourth-order valence-electron chi connectivity index (χ4n) is 8.06. The monoisotopic (exact) mass is 1940 g/mol. The van der Waals surface area contributed by atoms with Crippen molar-refractivity contribution in [2.45, 2.75) is 88.8 Å². The maximum absolute atomic E-state index is 12.8. The molecule has 6 aliphatic rings. The van der Waals surface area contributed by atoms with Gasteiger partial charge >= 0.3 is 42.0 Å². The van der Waals surface area contributed by atoms with Gasteiger partial charge in [0.05, 0.1) is 12.7 Å². The molecule has 0 N–H and O–H groups in total. The minimum atomic E-state index is -4.83. The number of hydrogen-bond acceptors (Lipinski definition) is 48. The van der Waals surface area contributed by atoms with Gasteiger partial charge < -0.3 is 28.4 Å². The molecular formula is C54H62F4O48S12. The first-order valence-electron chi connectivity index (χ1n) is 30.6. The van der Waals surface area contributed by atoms with E-state index in [2.05, 4.69) is 75.7 Å². The third-order valence-corrected chi connectivity index (χ3v) is 32.9. The molecule has 6 fully saturated rings. The number of para-hydroxylation sites is 1. The van der Waals surface area contributed by atoms with Crippen LogP contribution in [-0.4, -0.2) is 262 Å². The molecule has 3 aromatic carbocycles. The van der Waals surface area contributed by atoms with Gasteiger partial charge in [0.2, 0.25) is 48.8 Å². The van der Waals surface area contributed by atoms with Gasteiger partial charge in [-0.05, 0) is 76.2 Å². The van der Waals surface area contributed by atoms with E-state index in [4.69, 9.17) is 15.9 Å². The lowest BCUT2D eigenvalue weighted by molar-refractivity contribution is -0.154. The Kier molecular flexibility index (Phi) is 36.0. The van der Waals surface area contributed by atoms with Crippen molar-refractivity contribution in [1.82, 2.24) is 0 Å². The van der Waals surface area contributed by atoms with Gasteiger partial charge in [0.25, 0.3) is 121 Å². The maximum Gasteiger partial charge on any atom is 0.419 e. The van der Waals surface area contributed by atoms with E-state index >= 15 is 0 Å². The summed E-state index contributed by atoms with van der Waals surface area (Å²) in [6.45, 7) is 5.51. The zero-order valence-electron chi connectivity index (χ0n) is 59.8. The first kappa shape index (κ1) is 103. The molecule has 6 saturated heterocycles. The van der Waals surface area contributed by atoms with Crippen LogP contribution in [0.5, 0.6) is 17.2 Å². The zero-order valence-corrected chi connectivity index (χ0v) is 69.6. The van der Waals surface area contributed by atoms with Gasteiger partial charge in [-0.25, -0.2) is 33.2 Å². The molecule has 0 saturated carbocycles. The predicted octanol–water partition coefficient (Wildman–Crippen LogP) is -3.36. The molecule has 0 spiro atoms. The van der Waals surface area contributed by atoms with Crippen LogP contribution < -0.4 is 14.2 Å². The molecule has 3 aromatic rings. The van der Waals surface area contributed by atoms with Crippen LogP contribution >= 0.6 is 0 Å². The van der Waals surface area contributed by atoms with Crippen LogP contribution in [0.25, 0.3) is 0 Å². The van der Waals surface area contributed by atoms with Crippen LogP contribution in [0.3, 0.4) is 0 Å². The number of halogens is 4. The van der Waals surface area contributed by atoms with E-state index in [1.54, 1.807) is 12.1 Å². The van der Waals surface area contributed by atoms with Crippen LogP contribution in [0.4, 0.5) is 17.6 Å². The van der Waals surface area contributed by atoms with E-state index in [1.165, 1.54) is 39.0 Å². The average Bonchev–Trinajstić information content (AvgIpc) is 1.55. The number of hydrogen-bond donors (Lipinski definition) is 0. The number of carbonyl (C=O) groups excluding carboxylic acids is 6. The van der Waals surface area contributed by atoms with Crippen molar-refractivity contribution in [3.8, 4) is 29.6 Å². The molecule has 0 amide bonds. The standard InChI is InChI=1S/C11H9F3O8S2.C11H12O8S2.C10H9FO8S2.C8H12O8S2.C8H10O8S2.C6H10O8S2/c12-11(13,14)7-3-1-2-4-8(7)21-10(15)9-5-20-23(16,17)6-24(18,19)22-9;1-8-2-4-9(5-3-8)18-11(12)10-6-17-20(13,14)7-21(15,16)19-10;11-7-1-3-8(4-2-7)18-10(12)9-5-17-20(13,14)6-21(15,16)19-9;2*1-3-4-14-8(9)7-6(2)15-17(10,11)5-18(12,13)16-7;1-4-5(6(7)12-2)14-16(10,11)3-15(8,9)13-4/h1-4,9H,5-6H2;2-5,10H,6-7H2,1H3;1-4,9H,5-6H2;3,6-7H,1,4-5H2,2H3;1,6-7H,4-5H2,2H3;4-5H,3H2,1-2H3. The first-order chi connectivity index (χ1) is 53.7. The highest BCUT2D eigenvalue weighted by Crippen LogP contribution is 2.36. The van der Waals surface area contributed by atoms with Crippen LogP contribution in [-0.2, 0) is 221 Å². The number of terminal acetylenes is 1. The second-order valence-electron chi connectivity index (χ2n) is 22.7. The summed E-state index contributed by atoms with van der Waals surface area (Å²) in [5.74, 6) is -6.28. The van der Waals surface area contributed by atoms with Gasteiger partial charge in [0.15, 0.2) is 24.9 Å². The normalized spacial score (nSPS) is 26.8. The fraction of sp³-hybridized carbons (Fsp3) is 0.481. The molecule has 0 aromatic heterocycles. The first-order valence-corrected chi connectivity index (χ1v) is 49.6. The number of alkyl halides is 3. The van der Waals surface area contributed by atoms with Gasteiger partial charge in [0, 0.05) is 0 Å². The molecule has 0 bridgehead atoms. The minimum absolute atomic E-state index is 0.0606. The van der Waals surface area contributed by atoms with Crippen molar-refractivity contribution < 1.29 is 226 Å². The zero-order chi connectivity index (χ0) is 90.0. The minimum Gasteiger partial charge on any atom is -0.467 e. The summed E-state index contributed by atoms with van der Waals surface area (Å²) >= 11 is 0. The topological polar surface area (TPSA) is 678 Å². The van der Waals surface area contributed by atoms with Gasteiger partial charge in [0.1, 0.15) is 67.8 Å². The summed E-state index contributed by atoms with van der Waals surface area (Å²) in [5.41, 5.74) is -0.333. The third kappa shape index (κ3) is 36.0. The fourth-order valence-corrected chi connectivity index (χ4v) is 25.2. The molecule has 6 aliphatic heterocycles. The number of rotatable bonds is 12. The summed E-state index contributed by atoms with van der Waals surface area (Å²) in [7, 11) is -51.9. The Morgan fingerprint density at radius 3 is 1.05 bits per heavy atom. The summed E-state index contributed by atoms with van der Waals surface area (Å²) in [6.07, 6.45) is -13.1. The molecule has 666 valence electrons. The molecule has 0 aliphatic carbocycles. The lowest BCUT2D eigenvalue weighted by atomic mass is 10.2. The molecule has 9 atom stereocenters. The second kappa shape index (κ2) is 41.3. The largest absolute Gasteiger partial charge is 0.467 e. The van der Waals surface area contributed by atoms with Crippen molar-refractivity contribution in [2.75, 3.05) is 70.7 Å². The summed E-state index contributed by atoms with van der Waals surface area (Å²) in [6, 6.07) is 14.4. The van der Waals surface area contributed by atoms with E-state index in [0.717, 1.165) is 55.1 Å². The third-order valence-electron chi connectivity index (χ3n) is 12.6. The van der Waals surface area contributed by atoms with Crippen LogP contribution in [0, 0.1) is 25.1 Å². The van der Waals surface area contributed by atoms with Gasteiger partial charge in [-0.3, -0.25) is 50.2 Å². The highest BCUT2D eigenvalue weighted by molar-refractivity contribution is 8.06. The van der Waals surface area contributed by atoms with Gasteiger partial charge in [-0.2, -0.15) is 114 Å². The highest BCUT2D eigenvalue weighted by atomic mass is 32.3. The van der Waals surface area contributed by atoms with Crippen molar-refractivity contribution in [1.29, 1.82) is 0 Å². The molecule has 9 rings (SSSR count). The number of methoxy groups -OCH3 is 1. The van der Waals surface area contributed by atoms with E-state index < -0.39 is 292 Å². The number of benzene rings is 3. The predicted molar refractivity (Wildman–Crippen MR) is 374 cm³/mol. The maximum atomic E-state index is 12.8. The number of ether oxygens (including phenoxy) is 6. The SMILES string of the molecule is C#CCOC(=O)C1OS(=O)(=O)CS(=O)(=O)OC1C.C=CCOC(=O)C1OS(=O)(=O)CS(=O)(=O)OC1C.COC(=O)C1OS(=O)(=O)CS(=O)(=O)OC1C.Cc1ccc(OC(=O)C2COS(=O)(=O)CS(=O)(=O)O2)cc1.O=C(Oc1ccc(F)cc1)C1COS(=O)(=O)CS(=O)(=O)O1.O=C(Oc1ccccc1C(F)(F)F)C1COS(=O)(=O)CS(=O)(=O)O1. The van der Waals surface area contributed by atoms with Crippen molar-refractivity contribution in [3.05, 3.63) is 102 Å². The van der Waals surface area contributed by atoms with Crippen LogP contribution in [0.15, 0.2) is 85.5 Å². The van der Waals surface area contributed by atoms with Gasteiger partial charge in [-0.15, -0.1) is 6.42 Å². The van der Waals surface area contributed by atoms with E-state index in [0.29, 0.717) is 6.07 Å². The smallest absolute Gasteiger partial charge is 0.419 e. The Morgan fingerprint density at radius 1 is 0.424 bits per heavy atom. The van der Waals surface area contributed by atoms with Crippen LogP contribution in [0.2, 0.25) is 0 Å². The Labute approximate surface area is 670 Å². The number of aryl methyl sites for hydroxylation is 1. The van der Waals surface area contributed by atoms with Crippen molar-refractivity contribution in [3.63, 3.8) is 0 Å². The Balaban J connectivity index is 0.000000299. The summed E-state index contributed by atoms with van der Waals surface area (Å²) in [4.78, 5) is 69.4. The highest BCUT2D eigenvalue weighted by Gasteiger charge is 2.47. The van der Waals surface area contributed by atoms with Crippen molar-refractivity contribution >= 4 is 157 Å². The average molecular weight is 1940 g/mol. The Morgan fingerprint density at radius 2 is 0.720 bits per heavy atom. The van der Waals surface area contributed by atoms with Crippen LogP contribution in [0.1, 0.15) is 31.9 Å². The number of esters is 6. The summed E-state index contributed by atoms with van der Waals surface area (Å²) in [5, 5.41) is -8.27. The summed E-state index contributed by atoms with van der Waals surface area (Å²) < 4.78 is 402. The van der Waals surface area contributed by atoms with E-state index in [1.807, 2.05) is 12.8 Å². The Bertz CT molecular complexity index is 5570. The quantitative estimate of drug-likeness (QED) is 0.0325. The molecule has 118 heavy (non-hydrogen) atoms. The van der Waals surface area contributed by atoms with E-state index in [-0.39, 0.29) is 18.1 Å². The molecule has 48 nitrogen and oxygen atoms in total. The molecule has 9 unspecified atom stereocenters. The van der Waals surface area contributed by atoms with Crippen molar-refractivity contribution in [2.24, 2.45) is 0 Å². The molecule has 0 radical (unpaired) electrons. The Hall–Kier alpha value is -7.58. The molecular weight excluding hydrogens is 1880 g/mol. The van der Waals surface area contributed by atoms with E-state index in [9.17, 15) is 147 Å². The van der Waals surface area contributed by atoms with Gasteiger partial charge in [-0.1, -0.05) is 48.4 Å². The second-order valence-corrected chi connectivity index (χ2v) is 44.2. The lowest BCUT2D eigenvalue weighted by Gasteiger charge is -2.16. The number of carbonyl (C=O) groups is 6. The lowest BCUT2D eigenvalue weighted by Crippen LogP contribution is -2.37.